The molecule has 1 fully saturated rings. The van der Waals surface area contributed by atoms with Crippen molar-refractivity contribution >= 4 is 11.9 Å². The number of carbonyl (C=O) groups excluding carboxylic acids is 2. The Morgan fingerprint density at radius 3 is 2.47 bits per heavy atom. The Hall–Kier alpha value is -1.14. The summed E-state index contributed by atoms with van der Waals surface area (Å²) in [6, 6.07) is 0. The molecule has 3 atom stereocenters. The lowest BCUT2D eigenvalue weighted by atomic mass is 10.1. The first-order valence-electron chi connectivity index (χ1n) is 5.51. The van der Waals surface area contributed by atoms with Crippen molar-refractivity contribution in [3.05, 3.63) is 0 Å². The molecule has 0 N–H and O–H groups in total. The summed E-state index contributed by atoms with van der Waals surface area (Å²) in [5.41, 5.74) is 0. The van der Waals surface area contributed by atoms with Crippen LogP contribution >= 0.6 is 0 Å². The highest BCUT2D eigenvalue weighted by Gasteiger charge is 2.34. The van der Waals surface area contributed by atoms with Crippen LogP contribution in [0.1, 0.15) is 26.7 Å². The Morgan fingerprint density at radius 1 is 1.24 bits per heavy atom. The van der Waals surface area contributed by atoms with Gasteiger partial charge in [-0.05, 0) is 6.42 Å². The molecule has 0 saturated carbocycles. The fraction of sp³-hybridized carbons (Fsp3) is 0.818. The number of carbonyl (C=O) groups is 2. The van der Waals surface area contributed by atoms with Crippen LogP contribution in [0.5, 0.6) is 0 Å². The second-order valence-electron chi connectivity index (χ2n) is 3.87. The van der Waals surface area contributed by atoms with Crippen LogP contribution in [-0.4, -0.2) is 44.2 Å². The molecule has 0 aromatic heterocycles. The van der Waals surface area contributed by atoms with Gasteiger partial charge in [-0.3, -0.25) is 9.59 Å². The monoisotopic (exact) mass is 246 g/mol. The summed E-state index contributed by atoms with van der Waals surface area (Å²) in [7, 11) is 1.54. The highest BCUT2D eigenvalue weighted by Crippen LogP contribution is 2.23. The minimum absolute atomic E-state index is 0.0626. The summed E-state index contributed by atoms with van der Waals surface area (Å²) < 4.78 is 20.6. The van der Waals surface area contributed by atoms with Gasteiger partial charge in [0.1, 0.15) is 18.8 Å². The summed E-state index contributed by atoms with van der Waals surface area (Å²) >= 11 is 0. The molecule has 6 nitrogen and oxygen atoms in total. The zero-order chi connectivity index (χ0) is 12.8. The Morgan fingerprint density at radius 2 is 1.94 bits per heavy atom. The summed E-state index contributed by atoms with van der Waals surface area (Å²) in [5, 5.41) is 0. The zero-order valence-electron chi connectivity index (χ0n) is 10.3. The number of rotatable bonds is 4. The molecule has 0 bridgehead atoms. The smallest absolute Gasteiger partial charge is 0.302 e. The first-order chi connectivity index (χ1) is 8.02. The van der Waals surface area contributed by atoms with Crippen molar-refractivity contribution in [1.82, 2.24) is 0 Å². The third-order valence-corrected chi connectivity index (χ3v) is 2.46. The van der Waals surface area contributed by atoms with Crippen LogP contribution in [-0.2, 0) is 28.5 Å². The maximum absolute atomic E-state index is 10.9. The molecule has 0 aromatic rings. The minimum atomic E-state index is -0.471. The molecule has 0 amide bonds. The Labute approximate surface area is 100 Å². The molecule has 1 aliphatic rings. The fourth-order valence-electron chi connectivity index (χ4n) is 1.70. The number of methoxy groups -OCH3 is 1. The lowest BCUT2D eigenvalue weighted by Crippen LogP contribution is -2.44. The molecular weight excluding hydrogens is 228 g/mol. The van der Waals surface area contributed by atoms with E-state index < -0.39 is 18.2 Å². The summed E-state index contributed by atoms with van der Waals surface area (Å²) in [6.45, 7) is 2.72. The number of ether oxygens (including phenoxy) is 4. The van der Waals surface area contributed by atoms with Crippen molar-refractivity contribution in [3.8, 4) is 0 Å². The molecule has 6 heteroatoms. The van der Waals surface area contributed by atoms with Gasteiger partial charge in [0.05, 0.1) is 0 Å². The summed E-state index contributed by atoms with van der Waals surface area (Å²) in [5.74, 6) is -0.767. The molecule has 1 rings (SSSR count). The summed E-state index contributed by atoms with van der Waals surface area (Å²) in [4.78, 5) is 21.7. The average molecular weight is 246 g/mol. The molecule has 0 aromatic carbocycles. The number of esters is 2. The molecule has 0 spiro atoms. The van der Waals surface area contributed by atoms with Gasteiger partial charge in [-0.25, -0.2) is 0 Å². The van der Waals surface area contributed by atoms with E-state index in [1.54, 1.807) is 7.11 Å². The van der Waals surface area contributed by atoms with Crippen molar-refractivity contribution < 1.29 is 28.5 Å². The molecule has 1 saturated heterocycles. The Balaban J connectivity index is 2.54. The maximum Gasteiger partial charge on any atom is 0.302 e. The van der Waals surface area contributed by atoms with Crippen LogP contribution in [0.15, 0.2) is 0 Å². The molecule has 0 radical (unpaired) electrons. The standard InChI is InChI=1S/C11H18O6/c1-7(12)15-6-10-9(16-8(2)13)4-5-11(14-3)17-10/h9-11H,4-6H2,1-3H3/t9-,10+,11+/m0/s1. The van der Waals surface area contributed by atoms with Gasteiger partial charge in [0.2, 0.25) is 0 Å². The van der Waals surface area contributed by atoms with Crippen LogP contribution in [0, 0.1) is 0 Å². The van der Waals surface area contributed by atoms with Crippen LogP contribution in [0.4, 0.5) is 0 Å². The first-order valence-corrected chi connectivity index (χ1v) is 5.51. The van der Waals surface area contributed by atoms with E-state index in [4.69, 9.17) is 18.9 Å². The van der Waals surface area contributed by atoms with Crippen molar-refractivity contribution in [1.29, 1.82) is 0 Å². The fourth-order valence-corrected chi connectivity index (χ4v) is 1.70. The molecule has 0 aliphatic carbocycles. The van der Waals surface area contributed by atoms with Crippen LogP contribution in [0.2, 0.25) is 0 Å². The predicted molar refractivity (Wildman–Crippen MR) is 57.1 cm³/mol. The Bertz CT molecular complexity index is 277. The van der Waals surface area contributed by atoms with Crippen molar-refractivity contribution in [3.63, 3.8) is 0 Å². The van der Waals surface area contributed by atoms with Crippen LogP contribution in [0.3, 0.4) is 0 Å². The number of hydrogen-bond donors (Lipinski definition) is 0. The predicted octanol–water partition coefficient (Wildman–Crippen LogP) is 0.633. The van der Waals surface area contributed by atoms with E-state index >= 15 is 0 Å². The van der Waals surface area contributed by atoms with E-state index in [0.29, 0.717) is 12.8 Å². The van der Waals surface area contributed by atoms with Gasteiger partial charge in [0, 0.05) is 27.4 Å². The molecule has 98 valence electrons. The van der Waals surface area contributed by atoms with Gasteiger partial charge in [-0.2, -0.15) is 0 Å². The van der Waals surface area contributed by atoms with E-state index in [0.717, 1.165) is 0 Å². The average Bonchev–Trinajstić information content (AvgIpc) is 2.27. The second kappa shape index (κ2) is 6.56. The normalized spacial score (nSPS) is 28.5. The summed E-state index contributed by atoms with van der Waals surface area (Å²) in [6.07, 6.45) is 0.0665. The SMILES string of the molecule is CO[C@H]1CC[C@H](OC(C)=O)[C@@H](COC(C)=O)O1. The second-order valence-corrected chi connectivity index (χ2v) is 3.87. The molecule has 1 aliphatic heterocycles. The molecule has 0 unspecified atom stereocenters. The third kappa shape index (κ3) is 4.70. The van der Waals surface area contributed by atoms with Gasteiger partial charge in [-0.15, -0.1) is 0 Å². The van der Waals surface area contributed by atoms with E-state index in [9.17, 15) is 9.59 Å². The zero-order valence-corrected chi connectivity index (χ0v) is 10.3. The lowest BCUT2D eigenvalue weighted by molar-refractivity contribution is -0.229. The highest BCUT2D eigenvalue weighted by atomic mass is 16.7. The van der Waals surface area contributed by atoms with Gasteiger partial charge >= 0.3 is 11.9 Å². The van der Waals surface area contributed by atoms with E-state index in [1.165, 1.54) is 13.8 Å². The lowest BCUT2D eigenvalue weighted by Gasteiger charge is -2.34. The van der Waals surface area contributed by atoms with Gasteiger partial charge in [0.25, 0.3) is 0 Å². The Kier molecular flexibility index (Phi) is 5.37. The molecule has 1 heterocycles. The van der Waals surface area contributed by atoms with Crippen LogP contribution in [0.25, 0.3) is 0 Å². The van der Waals surface area contributed by atoms with Gasteiger partial charge in [-0.1, -0.05) is 0 Å². The van der Waals surface area contributed by atoms with Crippen molar-refractivity contribution in [2.45, 2.75) is 45.2 Å². The largest absolute Gasteiger partial charge is 0.463 e. The van der Waals surface area contributed by atoms with Crippen molar-refractivity contribution in [2.75, 3.05) is 13.7 Å². The quantitative estimate of drug-likeness (QED) is 0.678. The van der Waals surface area contributed by atoms with Crippen molar-refractivity contribution in [2.24, 2.45) is 0 Å². The minimum Gasteiger partial charge on any atom is -0.463 e. The number of hydrogen-bond acceptors (Lipinski definition) is 6. The van der Waals surface area contributed by atoms with Crippen LogP contribution < -0.4 is 0 Å². The first kappa shape index (κ1) is 13.9. The maximum atomic E-state index is 10.9. The molecular formula is C11H18O6. The van der Waals surface area contributed by atoms with Gasteiger partial charge in [0.15, 0.2) is 6.29 Å². The molecule has 17 heavy (non-hydrogen) atoms. The topological polar surface area (TPSA) is 71.1 Å². The van der Waals surface area contributed by atoms with E-state index in [-0.39, 0.29) is 18.9 Å². The third-order valence-electron chi connectivity index (χ3n) is 2.46. The van der Waals surface area contributed by atoms with E-state index in [1.807, 2.05) is 0 Å². The van der Waals surface area contributed by atoms with Gasteiger partial charge < -0.3 is 18.9 Å². The van der Waals surface area contributed by atoms with E-state index in [2.05, 4.69) is 0 Å². The highest BCUT2D eigenvalue weighted by molar-refractivity contribution is 5.66.